The number of hydrazone groups is 1. The molecule has 1 amide bonds. The molecule has 9 nitrogen and oxygen atoms in total. The number of nitro groups is 1. The smallest absolute Gasteiger partial charge is 0.271 e. The Morgan fingerprint density at radius 1 is 1.14 bits per heavy atom. The van der Waals surface area contributed by atoms with Crippen molar-refractivity contribution in [1.82, 2.24) is 15.2 Å². The van der Waals surface area contributed by atoms with Crippen LogP contribution < -0.4 is 10.2 Å². The molecule has 0 fully saturated rings. The third-order valence-corrected chi connectivity index (χ3v) is 5.74. The van der Waals surface area contributed by atoms with Gasteiger partial charge in [0.2, 0.25) is 0 Å². The summed E-state index contributed by atoms with van der Waals surface area (Å²) in [5, 5.41) is 20.3. The quantitative estimate of drug-likeness (QED) is 0.180. The zero-order valence-corrected chi connectivity index (χ0v) is 20.4. The number of nitrogens with zero attached hydrogens (tertiary/aromatic N) is 4. The number of hydrogen-bond acceptors (Lipinski definition) is 6. The van der Waals surface area contributed by atoms with Gasteiger partial charge in [0, 0.05) is 45.1 Å². The van der Waals surface area contributed by atoms with Crippen LogP contribution in [0.2, 0.25) is 10.0 Å². The first-order valence-electron chi connectivity index (χ1n) is 10.6. The second-order valence-corrected chi connectivity index (χ2v) is 8.48. The Morgan fingerprint density at radius 3 is 2.53 bits per heavy atom. The van der Waals surface area contributed by atoms with E-state index in [-0.39, 0.29) is 18.2 Å². The van der Waals surface area contributed by atoms with Crippen LogP contribution in [0, 0.1) is 17.0 Å². The standard InChI is InChI=1S/C25H19Cl2N5O4/c1-16-19(14-31(30-16)21-6-8-22(9-7-21)32(34)35)13-28-29-25(33)17-3-10-23(11-4-17)36-15-18-2-5-20(26)12-24(18)27/h2-14H,15H2,1H3,(H,29,33)/b28-13+. The average molecular weight is 524 g/mol. The highest BCUT2D eigenvalue weighted by Gasteiger charge is 2.09. The third kappa shape index (κ3) is 6.07. The van der Waals surface area contributed by atoms with Crippen molar-refractivity contribution >= 4 is 41.0 Å². The van der Waals surface area contributed by atoms with Crippen molar-refractivity contribution < 1.29 is 14.5 Å². The SMILES string of the molecule is Cc1nn(-c2ccc([N+](=O)[O-])cc2)cc1/C=N/NC(=O)c1ccc(OCc2ccc(Cl)cc2Cl)cc1. The third-order valence-electron chi connectivity index (χ3n) is 5.16. The lowest BCUT2D eigenvalue weighted by atomic mass is 10.2. The molecule has 0 atom stereocenters. The molecule has 182 valence electrons. The molecule has 36 heavy (non-hydrogen) atoms. The van der Waals surface area contributed by atoms with E-state index in [1.807, 2.05) is 0 Å². The summed E-state index contributed by atoms with van der Waals surface area (Å²) in [7, 11) is 0. The maximum Gasteiger partial charge on any atom is 0.271 e. The number of rotatable bonds is 8. The van der Waals surface area contributed by atoms with Crippen LogP contribution in [0.5, 0.6) is 5.75 Å². The number of aromatic nitrogens is 2. The number of aryl methyl sites for hydroxylation is 1. The molecule has 4 rings (SSSR count). The Labute approximate surface area is 216 Å². The zero-order chi connectivity index (χ0) is 25.7. The predicted molar refractivity (Wildman–Crippen MR) is 137 cm³/mol. The molecule has 4 aromatic rings. The Bertz CT molecular complexity index is 1430. The number of nitrogens with one attached hydrogen (secondary N) is 1. The minimum atomic E-state index is -0.461. The molecule has 0 aliphatic heterocycles. The van der Waals surface area contributed by atoms with Gasteiger partial charge in [-0.1, -0.05) is 29.3 Å². The Hall–Kier alpha value is -4.21. The van der Waals surface area contributed by atoms with Crippen LogP contribution in [-0.4, -0.2) is 26.8 Å². The summed E-state index contributed by atoms with van der Waals surface area (Å²) in [5.41, 5.74) is 5.69. The lowest BCUT2D eigenvalue weighted by Crippen LogP contribution is -2.17. The first-order valence-corrected chi connectivity index (χ1v) is 11.4. The molecule has 0 saturated carbocycles. The van der Waals surface area contributed by atoms with Crippen LogP contribution in [-0.2, 0) is 6.61 Å². The molecule has 0 unspecified atom stereocenters. The molecule has 1 N–H and O–H groups in total. The van der Waals surface area contributed by atoms with Crippen molar-refractivity contribution in [2.45, 2.75) is 13.5 Å². The van der Waals surface area contributed by atoms with Gasteiger partial charge in [-0.25, -0.2) is 10.1 Å². The minimum Gasteiger partial charge on any atom is -0.489 e. The van der Waals surface area contributed by atoms with Gasteiger partial charge in [-0.05, 0) is 55.5 Å². The van der Waals surface area contributed by atoms with Gasteiger partial charge in [-0.2, -0.15) is 10.2 Å². The number of amides is 1. The van der Waals surface area contributed by atoms with Crippen molar-refractivity contribution in [3.05, 3.63) is 115 Å². The summed E-state index contributed by atoms with van der Waals surface area (Å²) in [6.45, 7) is 2.06. The van der Waals surface area contributed by atoms with E-state index in [9.17, 15) is 14.9 Å². The van der Waals surface area contributed by atoms with E-state index in [4.69, 9.17) is 27.9 Å². The summed E-state index contributed by atoms with van der Waals surface area (Å²) in [6, 6.07) is 17.8. The number of nitro benzene ring substituents is 1. The van der Waals surface area contributed by atoms with Crippen LogP contribution in [0.25, 0.3) is 5.69 Å². The van der Waals surface area contributed by atoms with Gasteiger partial charge in [-0.15, -0.1) is 0 Å². The first kappa shape index (κ1) is 24.9. The number of carbonyl (C=O) groups excluding carboxylic acids is 1. The van der Waals surface area contributed by atoms with E-state index in [1.54, 1.807) is 72.4 Å². The summed E-state index contributed by atoms with van der Waals surface area (Å²) >= 11 is 12.1. The highest BCUT2D eigenvalue weighted by atomic mass is 35.5. The maximum atomic E-state index is 12.4. The summed E-state index contributed by atoms with van der Waals surface area (Å²) in [6.07, 6.45) is 3.20. The van der Waals surface area contributed by atoms with E-state index in [2.05, 4.69) is 15.6 Å². The molecule has 0 aliphatic carbocycles. The fourth-order valence-electron chi connectivity index (χ4n) is 3.19. The maximum absolute atomic E-state index is 12.4. The lowest BCUT2D eigenvalue weighted by Gasteiger charge is -2.08. The Kier molecular flexibility index (Phi) is 7.62. The molecule has 3 aromatic carbocycles. The van der Waals surface area contributed by atoms with Crippen molar-refractivity contribution in [2.24, 2.45) is 5.10 Å². The van der Waals surface area contributed by atoms with Crippen molar-refractivity contribution in [3.63, 3.8) is 0 Å². The number of hydrogen-bond donors (Lipinski definition) is 1. The van der Waals surface area contributed by atoms with E-state index in [0.717, 1.165) is 5.56 Å². The molecule has 0 aliphatic rings. The zero-order valence-electron chi connectivity index (χ0n) is 18.9. The number of non-ortho nitro benzene ring substituents is 1. The summed E-state index contributed by atoms with van der Waals surface area (Å²) < 4.78 is 7.31. The summed E-state index contributed by atoms with van der Waals surface area (Å²) in [5.74, 6) is 0.189. The van der Waals surface area contributed by atoms with Crippen LogP contribution in [0.1, 0.15) is 27.2 Å². The second kappa shape index (κ2) is 11.0. The van der Waals surface area contributed by atoms with Crippen molar-refractivity contribution in [3.8, 4) is 11.4 Å². The number of halogens is 2. The normalized spacial score (nSPS) is 11.0. The molecular formula is C25H19Cl2N5O4. The van der Waals surface area contributed by atoms with E-state index < -0.39 is 4.92 Å². The minimum absolute atomic E-state index is 0.00215. The van der Waals surface area contributed by atoms with Crippen LogP contribution >= 0.6 is 23.2 Å². The summed E-state index contributed by atoms with van der Waals surface area (Å²) in [4.78, 5) is 22.8. The Morgan fingerprint density at radius 2 is 1.86 bits per heavy atom. The predicted octanol–water partition coefficient (Wildman–Crippen LogP) is 5.74. The van der Waals surface area contributed by atoms with Gasteiger partial charge < -0.3 is 4.74 Å². The molecule has 11 heteroatoms. The second-order valence-electron chi connectivity index (χ2n) is 7.64. The van der Waals surface area contributed by atoms with Gasteiger partial charge >= 0.3 is 0 Å². The molecule has 0 saturated heterocycles. The Balaban J connectivity index is 1.34. The van der Waals surface area contributed by atoms with Crippen LogP contribution in [0.3, 0.4) is 0 Å². The highest BCUT2D eigenvalue weighted by molar-refractivity contribution is 6.35. The van der Waals surface area contributed by atoms with Gasteiger partial charge in [0.05, 0.1) is 22.5 Å². The molecule has 0 bridgehead atoms. The van der Waals surface area contributed by atoms with Gasteiger partial charge in [0.1, 0.15) is 12.4 Å². The highest BCUT2D eigenvalue weighted by Crippen LogP contribution is 2.23. The van der Waals surface area contributed by atoms with E-state index in [0.29, 0.717) is 38.3 Å². The van der Waals surface area contributed by atoms with Crippen LogP contribution in [0.4, 0.5) is 5.69 Å². The molecule has 0 radical (unpaired) electrons. The molecule has 1 heterocycles. The topological polar surface area (TPSA) is 112 Å². The molecule has 1 aromatic heterocycles. The lowest BCUT2D eigenvalue weighted by molar-refractivity contribution is -0.384. The van der Waals surface area contributed by atoms with Gasteiger partial charge in [0.25, 0.3) is 11.6 Å². The average Bonchev–Trinajstić information content (AvgIpc) is 3.24. The fourth-order valence-corrected chi connectivity index (χ4v) is 3.65. The number of carbonyl (C=O) groups is 1. The molecule has 0 spiro atoms. The fraction of sp³-hybridized carbons (Fsp3) is 0.0800. The van der Waals surface area contributed by atoms with Gasteiger partial charge in [0.15, 0.2) is 0 Å². The van der Waals surface area contributed by atoms with Crippen molar-refractivity contribution in [1.29, 1.82) is 0 Å². The number of ether oxygens (including phenoxy) is 1. The monoisotopic (exact) mass is 523 g/mol. The molecular weight excluding hydrogens is 505 g/mol. The van der Waals surface area contributed by atoms with Crippen LogP contribution in [0.15, 0.2) is 78.0 Å². The van der Waals surface area contributed by atoms with Gasteiger partial charge in [-0.3, -0.25) is 14.9 Å². The van der Waals surface area contributed by atoms with Crippen molar-refractivity contribution in [2.75, 3.05) is 0 Å². The number of benzene rings is 3. The largest absolute Gasteiger partial charge is 0.489 e. The van der Waals surface area contributed by atoms with E-state index >= 15 is 0 Å². The van der Waals surface area contributed by atoms with E-state index in [1.165, 1.54) is 18.3 Å². The first-order chi connectivity index (χ1) is 17.3.